The van der Waals surface area contributed by atoms with Gasteiger partial charge in [-0.05, 0) is 49.9 Å². The summed E-state index contributed by atoms with van der Waals surface area (Å²) in [4.78, 5) is 24.9. The van der Waals surface area contributed by atoms with Crippen LogP contribution in [-0.4, -0.2) is 51.3 Å². The summed E-state index contributed by atoms with van der Waals surface area (Å²) < 4.78 is 39.9. The van der Waals surface area contributed by atoms with Crippen molar-refractivity contribution in [1.29, 1.82) is 0 Å². The third-order valence-corrected chi connectivity index (χ3v) is 5.35. The first kappa shape index (κ1) is 19.6. The van der Waals surface area contributed by atoms with E-state index in [-0.39, 0.29) is 29.9 Å². The van der Waals surface area contributed by atoms with Crippen molar-refractivity contribution in [3.05, 3.63) is 23.8 Å². The van der Waals surface area contributed by atoms with E-state index in [0.29, 0.717) is 17.7 Å². The number of hydrogen-bond donors (Lipinski definition) is 2. The largest absolute Gasteiger partial charge is 0.488 e. The van der Waals surface area contributed by atoms with Crippen molar-refractivity contribution in [2.45, 2.75) is 37.6 Å². The van der Waals surface area contributed by atoms with Crippen LogP contribution in [0, 0.1) is 0 Å². The van der Waals surface area contributed by atoms with Crippen LogP contribution < -0.4 is 14.8 Å². The van der Waals surface area contributed by atoms with E-state index in [4.69, 9.17) is 0 Å². The number of likely N-dealkylation sites (tertiary alicyclic amines) is 1. The average molecular weight is 399 g/mol. The van der Waals surface area contributed by atoms with E-state index < -0.39 is 16.5 Å². The van der Waals surface area contributed by atoms with Crippen molar-refractivity contribution >= 4 is 28.0 Å². The lowest BCUT2D eigenvalue weighted by Gasteiger charge is -2.29. The maximum Gasteiger partial charge on any atom is 0.488 e. The van der Waals surface area contributed by atoms with Gasteiger partial charge in [-0.1, -0.05) is 9.95 Å². The predicted octanol–water partition coefficient (Wildman–Crippen LogP) is 1.31. The van der Waals surface area contributed by atoms with Crippen LogP contribution in [0.4, 0.5) is 9.57 Å². The molecule has 1 unspecified atom stereocenters. The highest BCUT2D eigenvalue weighted by Crippen LogP contribution is 2.36. The average Bonchev–Trinajstić information content (AvgIpc) is 2.62. The Morgan fingerprint density at radius 1 is 1.22 bits per heavy atom. The summed E-state index contributed by atoms with van der Waals surface area (Å²) in [6, 6.07) is 4.17. The smallest absolute Gasteiger partial charge is 0.374 e. The molecule has 0 aromatic heterocycles. The van der Waals surface area contributed by atoms with Crippen molar-refractivity contribution in [3.63, 3.8) is 0 Å². The number of anilines is 1. The molecule has 2 N–H and O–H groups in total. The summed E-state index contributed by atoms with van der Waals surface area (Å²) in [6.07, 6.45) is 2.12. The predicted molar refractivity (Wildman–Crippen MR) is 96.4 cm³/mol. The molecule has 2 saturated heterocycles. The Hall–Kier alpha value is -2.20. The molecular weight excluding hydrogens is 377 g/mol. The first-order valence-corrected chi connectivity index (χ1v) is 10.1. The Morgan fingerprint density at radius 3 is 2.59 bits per heavy atom. The lowest BCUT2D eigenvalue weighted by Crippen LogP contribution is -2.48. The van der Waals surface area contributed by atoms with Crippen LogP contribution in [0.2, 0.25) is 0 Å². The molecule has 2 fully saturated rings. The number of carbonyl (C=O) groups is 2. The van der Waals surface area contributed by atoms with Gasteiger partial charge in [0.2, 0.25) is 5.91 Å². The highest BCUT2D eigenvalue weighted by Gasteiger charge is 2.32. The molecule has 3 rings (SSSR count). The molecule has 2 amide bonds. The summed E-state index contributed by atoms with van der Waals surface area (Å²) in [6.45, 7) is 1.56. The normalized spacial score (nSPS) is 22.0. The van der Waals surface area contributed by atoms with Crippen LogP contribution >= 0.6 is 0 Å². The summed E-state index contributed by atoms with van der Waals surface area (Å²) >= 11 is 0. The van der Waals surface area contributed by atoms with Gasteiger partial charge in [0.15, 0.2) is 5.75 Å². The molecule has 0 radical (unpaired) electrons. The second-order valence-electron chi connectivity index (χ2n) is 6.78. The molecule has 0 aliphatic carbocycles. The van der Waals surface area contributed by atoms with Crippen LogP contribution in [-0.2, 0) is 20.1 Å². The summed E-state index contributed by atoms with van der Waals surface area (Å²) in [5, 5.41) is 6.20. The minimum Gasteiger partial charge on any atom is -0.374 e. The maximum atomic E-state index is 13.2. The van der Waals surface area contributed by atoms with Gasteiger partial charge in [0.25, 0.3) is 5.91 Å². The minimum atomic E-state index is -5.18. The number of amides is 2. The molecule has 1 aromatic carbocycles. The fourth-order valence-electron chi connectivity index (χ4n) is 3.52. The summed E-state index contributed by atoms with van der Waals surface area (Å²) in [5.41, 5.74) is 1.04. The molecule has 0 bridgehead atoms. The fraction of sp³-hybridized carbons (Fsp3) is 0.529. The third kappa shape index (κ3) is 4.75. The van der Waals surface area contributed by atoms with Crippen molar-refractivity contribution in [2.24, 2.45) is 0 Å². The third-order valence-electron chi connectivity index (χ3n) is 4.97. The van der Waals surface area contributed by atoms with E-state index in [1.165, 1.54) is 13.1 Å². The molecule has 148 valence electrons. The number of likely N-dealkylation sites (N-methyl/N-ethyl adjacent to an activating group) is 1. The van der Waals surface area contributed by atoms with E-state index in [0.717, 1.165) is 30.8 Å². The van der Waals surface area contributed by atoms with E-state index in [2.05, 4.69) is 14.8 Å². The van der Waals surface area contributed by atoms with Gasteiger partial charge in [-0.3, -0.25) is 14.5 Å². The number of piperidine rings is 2. The Labute approximate surface area is 157 Å². The molecule has 1 aromatic rings. The Kier molecular flexibility index (Phi) is 5.66. The van der Waals surface area contributed by atoms with Gasteiger partial charge < -0.3 is 14.8 Å². The number of nitrogens with zero attached hydrogens (tertiary/aromatic N) is 1. The second-order valence-corrected chi connectivity index (χ2v) is 7.73. The van der Waals surface area contributed by atoms with Gasteiger partial charge in [0.1, 0.15) is 6.04 Å². The minimum absolute atomic E-state index is 0.0529. The summed E-state index contributed by atoms with van der Waals surface area (Å²) in [5.74, 6) is -0.639. The quantitative estimate of drug-likeness (QED) is 0.568. The summed E-state index contributed by atoms with van der Waals surface area (Å²) in [7, 11) is -3.76. The van der Waals surface area contributed by atoms with Crippen LogP contribution in [0.3, 0.4) is 0 Å². The lowest BCUT2D eigenvalue weighted by atomic mass is 9.89. The number of rotatable bonds is 5. The van der Waals surface area contributed by atoms with Gasteiger partial charge >= 0.3 is 10.5 Å². The van der Waals surface area contributed by atoms with E-state index in [9.17, 15) is 21.9 Å². The molecule has 0 saturated carbocycles. The number of halogens is 1. The van der Waals surface area contributed by atoms with Crippen LogP contribution in [0.1, 0.15) is 37.2 Å². The highest BCUT2D eigenvalue weighted by atomic mass is 32.3. The lowest BCUT2D eigenvalue weighted by molar-refractivity contribution is -0.146. The molecule has 0 spiro atoms. The van der Waals surface area contributed by atoms with Crippen molar-refractivity contribution in [3.8, 4) is 5.75 Å². The Morgan fingerprint density at radius 2 is 1.93 bits per heavy atom. The number of nitrogens with one attached hydrogen (secondary N) is 2. The number of hydrogen-bond acceptors (Lipinski definition) is 7. The van der Waals surface area contributed by atoms with Crippen LogP contribution in [0.25, 0.3) is 0 Å². The van der Waals surface area contributed by atoms with Crippen LogP contribution in [0.5, 0.6) is 5.75 Å². The maximum absolute atomic E-state index is 13.2. The van der Waals surface area contributed by atoms with Crippen molar-refractivity contribution in [1.82, 2.24) is 10.2 Å². The van der Waals surface area contributed by atoms with Crippen LogP contribution in [0.15, 0.2) is 18.2 Å². The van der Waals surface area contributed by atoms with Gasteiger partial charge in [0, 0.05) is 25.2 Å². The first-order chi connectivity index (χ1) is 12.7. The van der Waals surface area contributed by atoms with Gasteiger partial charge in [-0.15, -0.1) is 0 Å². The molecule has 2 aliphatic heterocycles. The van der Waals surface area contributed by atoms with E-state index in [1.807, 2.05) is 0 Å². The highest BCUT2D eigenvalue weighted by molar-refractivity contribution is 7.81. The van der Waals surface area contributed by atoms with Gasteiger partial charge in [-0.25, -0.2) is 0 Å². The Balaban J connectivity index is 1.85. The van der Waals surface area contributed by atoms with Gasteiger partial charge in [-0.2, -0.15) is 8.42 Å². The van der Waals surface area contributed by atoms with Crippen molar-refractivity contribution in [2.75, 3.05) is 25.5 Å². The molecule has 2 aliphatic rings. The number of benzene rings is 1. The second kappa shape index (κ2) is 7.81. The van der Waals surface area contributed by atoms with Gasteiger partial charge in [0.05, 0.1) is 0 Å². The zero-order chi connectivity index (χ0) is 19.6. The Bertz CT molecular complexity index is 839. The first-order valence-electron chi connectivity index (χ1n) is 8.80. The number of imide groups is 1. The zero-order valence-electron chi connectivity index (χ0n) is 14.9. The molecule has 2 heterocycles. The SMILES string of the molecule is CN1C(=O)CCC(Nc2ccc(C3CCNCC3)c(OS(=O)(=O)F)c2)C1=O. The molecule has 27 heavy (non-hydrogen) atoms. The molecule has 10 heteroatoms. The molecular formula is C17H22FN3O5S. The zero-order valence-corrected chi connectivity index (χ0v) is 15.7. The van der Waals surface area contributed by atoms with Crippen molar-refractivity contribution < 1.29 is 26.1 Å². The standard InChI is InChI=1S/C17H22FN3O5S/c1-21-16(22)5-4-14(17(21)23)20-12-2-3-13(11-6-8-19-9-7-11)15(10-12)26-27(18,24)25/h2-3,10-11,14,19-20H,4-9H2,1H3. The van der Waals surface area contributed by atoms with E-state index in [1.54, 1.807) is 12.1 Å². The fourth-order valence-corrected chi connectivity index (χ4v) is 3.88. The monoisotopic (exact) mass is 399 g/mol. The van der Waals surface area contributed by atoms with E-state index >= 15 is 0 Å². The molecule has 1 atom stereocenters. The number of carbonyl (C=O) groups excluding carboxylic acids is 2. The molecule has 8 nitrogen and oxygen atoms in total. The topological polar surface area (TPSA) is 105 Å².